The molecule has 0 bridgehead atoms. The molecular formula is C15H15N3OS. The summed E-state index contributed by atoms with van der Waals surface area (Å²) in [5.74, 6) is 0.659. The van der Waals surface area contributed by atoms with E-state index in [0.29, 0.717) is 12.3 Å². The summed E-state index contributed by atoms with van der Waals surface area (Å²) in [6.07, 6.45) is 3.06. The van der Waals surface area contributed by atoms with E-state index in [0.717, 1.165) is 11.1 Å². The van der Waals surface area contributed by atoms with Crippen LogP contribution in [0.1, 0.15) is 24.3 Å². The summed E-state index contributed by atoms with van der Waals surface area (Å²) in [6, 6.07) is 12.2. The Labute approximate surface area is 122 Å². The molecule has 3 N–H and O–H groups in total. The number of hydrogen-bond acceptors (Lipinski definition) is 2. The van der Waals surface area contributed by atoms with E-state index in [1.807, 2.05) is 24.3 Å². The number of fused-ring (bicyclic) bond motifs is 1. The van der Waals surface area contributed by atoms with Crippen molar-refractivity contribution >= 4 is 40.2 Å². The maximum absolute atomic E-state index is 10.7. The minimum atomic E-state index is 0.112. The Kier molecular flexibility index (Phi) is 3.28. The molecular weight excluding hydrogens is 270 g/mol. The number of thiocarbonyl (C=S) groups is 1. The fraction of sp³-hybridized carbons (Fsp3) is 0.200. The van der Waals surface area contributed by atoms with Crippen LogP contribution in [-0.2, 0) is 4.79 Å². The van der Waals surface area contributed by atoms with Gasteiger partial charge >= 0.3 is 0 Å². The molecule has 2 aromatic carbocycles. The zero-order chi connectivity index (χ0) is 14.1. The number of benzene rings is 2. The number of nitrogens with one attached hydrogen (secondary N) is 1. The molecule has 0 radical (unpaired) electrons. The number of hydrazine groups is 1. The van der Waals surface area contributed by atoms with Gasteiger partial charge in [-0.05, 0) is 48.0 Å². The van der Waals surface area contributed by atoms with E-state index in [1.54, 1.807) is 0 Å². The quantitative estimate of drug-likeness (QED) is 0.514. The molecule has 0 heterocycles. The van der Waals surface area contributed by atoms with Crippen molar-refractivity contribution in [2.24, 2.45) is 5.73 Å². The Bertz CT molecular complexity index is 682. The van der Waals surface area contributed by atoms with E-state index in [1.165, 1.54) is 28.8 Å². The first-order valence-electron chi connectivity index (χ1n) is 6.53. The highest BCUT2D eigenvalue weighted by molar-refractivity contribution is 7.80. The molecule has 3 rings (SSSR count). The van der Waals surface area contributed by atoms with Crippen molar-refractivity contribution in [2.45, 2.75) is 18.8 Å². The summed E-state index contributed by atoms with van der Waals surface area (Å²) in [7, 11) is 0. The Morgan fingerprint density at radius 1 is 1.25 bits per heavy atom. The van der Waals surface area contributed by atoms with Crippen molar-refractivity contribution in [1.82, 2.24) is 5.43 Å². The normalized spacial score (nSPS) is 14.0. The largest absolute Gasteiger partial charge is 0.374 e. The van der Waals surface area contributed by atoms with Crippen molar-refractivity contribution in [3.8, 4) is 0 Å². The van der Waals surface area contributed by atoms with Crippen molar-refractivity contribution in [3.63, 3.8) is 0 Å². The molecule has 4 nitrogen and oxygen atoms in total. The maximum atomic E-state index is 10.7. The van der Waals surface area contributed by atoms with Crippen molar-refractivity contribution in [2.75, 3.05) is 5.01 Å². The zero-order valence-corrected chi connectivity index (χ0v) is 11.7. The Hall–Kier alpha value is -2.14. The standard InChI is InChI=1S/C15H15N3OS/c16-15(20)18(17-9-19)14-8-7-11(10-5-6-10)12-3-1-2-4-13(12)14/h1-4,7-10H,5-6H2,(H2,16,20)(H,17,19). The maximum Gasteiger partial charge on any atom is 0.226 e. The molecule has 1 saturated carbocycles. The number of anilines is 1. The third-order valence-electron chi connectivity index (χ3n) is 3.60. The molecule has 0 saturated heterocycles. The van der Waals surface area contributed by atoms with Gasteiger partial charge in [-0.3, -0.25) is 10.2 Å². The smallest absolute Gasteiger partial charge is 0.226 e. The van der Waals surface area contributed by atoms with Gasteiger partial charge < -0.3 is 5.73 Å². The van der Waals surface area contributed by atoms with Gasteiger partial charge in [0.25, 0.3) is 0 Å². The van der Waals surface area contributed by atoms with Crippen LogP contribution < -0.4 is 16.2 Å². The predicted octanol–water partition coefficient (Wildman–Crippen LogP) is 2.43. The Morgan fingerprint density at radius 2 is 1.95 bits per heavy atom. The molecule has 20 heavy (non-hydrogen) atoms. The third kappa shape index (κ3) is 2.20. The number of nitrogens with two attached hydrogens (primary N) is 1. The average molecular weight is 285 g/mol. The van der Waals surface area contributed by atoms with Crippen molar-refractivity contribution < 1.29 is 4.79 Å². The first-order chi connectivity index (χ1) is 9.72. The summed E-state index contributed by atoms with van der Waals surface area (Å²) < 4.78 is 0. The highest BCUT2D eigenvalue weighted by atomic mass is 32.1. The fourth-order valence-electron chi connectivity index (χ4n) is 2.56. The summed E-state index contributed by atoms with van der Waals surface area (Å²) in [5, 5.41) is 3.78. The number of nitrogens with zero attached hydrogens (tertiary/aromatic N) is 1. The summed E-state index contributed by atoms with van der Waals surface area (Å²) in [4.78, 5) is 10.7. The molecule has 0 unspecified atom stereocenters. The molecule has 2 aromatic rings. The lowest BCUT2D eigenvalue weighted by molar-refractivity contribution is -0.109. The fourth-order valence-corrected chi connectivity index (χ4v) is 2.71. The lowest BCUT2D eigenvalue weighted by Crippen LogP contribution is -2.45. The molecule has 0 aliphatic heterocycles. The highest BCUT2D eigenvalue weighted by Gasteiger charge is 2.26. The van der Waals surface area contributed by atoms with Crippen LogP contribution in [0.15, 0.2) is 36.4 Å². The van der Waals surface area contributed by atoms with Crippen LogP contribution in [0.2, 0.25) is 0 Å². The van der Waals surface area contributed by atoms with Gasteiger partial charge in [-0.15, -0.1) is 0 Å². The van der Waals surface area contributed by atoms with Gasteiger partial charge in [0, 0.05) is 5.39 Å². The lowest BCUT2D eigenvalue weighted by atomic mass is 9.99. The molecule has 1 fully saturated rings. The van der Waals surface area contributed by atoms with E-state index < -0.39 is 0 Å². The van der Waals surface area contributed by atoms with Crippen LogP contribution in [0.25, 0.3) is 10.8 Å². The second-order valence-electron chi connectivity index (χ2n) is 4.91. The Morgan fingerprint density at radius 3 is 2.55 bits per heavy atom. The molecule has 0 atom stereocenters. The number of rotatable bonds is 4. The van der Waals surface area contributed by atoms with E-state index in [9.17, 15) is 4.79 Å². The summed E-state index contributed by atoms with van der Waals surface area (Å²) >= 11 is 5.01. The van der Waals surface area contributed by atoms with Gasteiger partial charge in [-0.1, -0.05) is 30.3 Å². The van der Waals surface area contributed by atoms with Gasteiger partial charge in [-0.2, -0.15) is 0 Å². The van der Waals surface area contributed by atoms with Crippen LogP contribution >= 0.6 is 12.2 Å². The Balaban J connectivity index is 2.18. The van der Waals surface area contributed by atoms with Crippen LogP contribution in [-0.4, -0.2) is 11.5 Å². The number of amides is 1. The van der Waals surface area contributed by atoms with Gasteiger partial charge in [-0.25, -0.2) is 5.01 Å². The first kappa shape index (κ1) is 12.9. The van der Waals surface area contributed by atoms with Gasteiger partial charge in [0.1, 0.15) is 0 Å². The zero-order valence-electron chi connectivity index (χ0n) is 10.9. The molecule has 1 aliphatic rings. The molecule has 102 valence electrons. The second-order valence-corrected chi connectivity index (χ2v) is 5.33. The monoisotopic (exact) mass is 285 g/mol. The number of carbonyl (C=O) groups is 1. The van der Waals surface area contributed by atoms with E-state index >= 15 is 0 Å². The van der Waals surface area contributed by atoms with Crippen LogP contribution in [0.4, 0.5) is 5.69 Å². The van der Waals surface area contributed by atoms with E-state index in [4.69, 9.17) is 18.0 Å². The highest BCUT2D eigenvalue weighted by Crippen LogP contribution is 2.44. The average Bonchev–Trinajstić information content (AvgIpc) is 3.28. The lowest BCUT2D eigenvalue weighted by Gasteiger charge is -2.23. The summed E-state index contributed by atoms with van der Waals surface area (Å²) in [5.41, 5.74) is 10.4. The molecule has 1 aliphatic carbocycles. The van der Waals surface area contributed by atoms with Crippen LogP contribution in [0.5, 0.6) is 0 Å². The molecule has 1 amide bonds. The molecule has 5 heteroatoms. The van der Waals surface area contributed by atoms with Crippen LogP contribution in [0.3, 0.4) is 0 Å². The molecule has 0 aromatic heterocycles. The van der Waals surface area contributed by atoms with Crippen molar-refractivity contribution in [3.05, 3.63) is 42.0 Å². The first-order valence-corrected chi connectivity index (χ1v) is 6.94. The van der Waals surface area contributed by atoms with Crippen molar-refractivity contribution in [1.29, 1.82) is 0 Å². The van der Waals surface area contributed by atoms with Gasteiger partial charge in [0.15, 0.2) is 5.11 Å². The van der Waals surface area contributed by atoms with E-state index in [-0.39, 0.29) is 5.11 Å². The minimum Gasteiger partial charge on any atom is -0.374 e. The second kappa shape index (κ2) is 5.09. The van der Waals surface area contributed by atoms with E-state index in [2.05, 4.69) is 17.6 Å². The van der Waals surface area contributed by atoms with Gasteiger partial charge in [0.2, 0.25) is 6.41 Å². The summed E-state index contributed by atoms with van der Waals surface area (Å²) in [6.45, 7) is 0. The van der Waals surface area contributed by atoms with Crippen LogP contribution in [0, 0.1) is 0 Å². The number of carbonyl (C=O) groups excluding carboxylic acids is 1. The third-order valence-corrected chi connectivity index (χ3v) is 3.78. The SMILES string of the molecule is NC(=S)N(NC=O)c1ccc(C2CC2)c2ccccc12. The predicted molar refractivity (Wildman–Crippen MR) is 84.4 cm³/mol. The molecule has 0 spiro atoms. The topological polar surface area (TPSA) is 58.4 Å². The minimum absolute atomic E-state index is 0.112. The number of hydrogen-bond donors (Lipinski definition) is 2. The van der Waals surface area contributed by atoms with Gasteiger partial charge in [0.05, 0.1) is 5.69 Å².